The minimum Gasteiger partial charge on any atom is -0.497 e. The minimum absolute atomic E-state index is 0.150. The lowest BCUT2D eigenvalue weighted by Crippen LogP contribution is -2.43. The Morgan fingerprint density at radius 1 is 1.02 bits per heavy atom. The SMILES string of the molecule is COCCNC(=O)CN1C(=O)CS[C@@H](c2cc(OC)ccc2OC)c2c(C(C)(C)C)nn(-c3ccc(OC)cc3)c21. The molecule has 0 radical (unpaired) electrons. The second kappa shape index (κ2) is 12.9. The largest absolute Gasteiger partial charge is 0.497 e. The van der Waals surface area contributed by atoms with E-state index in [9.17, 15) is 9.59 Å². The number of methoxy groups -OCH3 is 4. The standard InChI is InChI=1S/C30H38N4O6S/c1-30(2,3)28-26-27(22-16-21(39-6)12-13-23(22)40-7)41-18-25(36)33(17-24(35)31-14-15-37-4)29(26)34(32-28)19-8-10-20(38-5)11-9-19/h8-13,16,27H,14-15,17-18H2,1-7H3,(H,31,35)/t27-/m0/s1. The molecular formula is C30H38N4O6S. The summed E-state index contributed by atoms with van der Waals surface area (Å²) in [5, 5.41) is 7.63. The van der Waals surface area contributed by atoms with E-state index in [2.05, 4.69) is 26.1 Å². The fraction of sp³-hybridized carbons (Fsp3) is 0.433. The fourth-order valence-electron chi connectivity index (χ4n) is 4.76. The molecule has 1 aromatic heterocycles. The van der Waals surface area contributed by atoms with Gasteiger partial charge in [0, 0.05) is 30.2 Å². The van der Waals surface area contributed by atoms with E-state index in [-0.39, 0.29) is 29.4 Å². The van der Waals surface area contributed by atoms with Crippen LogP contribution in [0.25, 0.3) is 5.69 Å². The van der Waals surface area contributed by atoms with Crippen molar-refractivity contribution in [2.75, 3.05) is 58.8 Å². The van der Waals surface area contributed by atoms with Gasteiger partial charge in [-0.25, -0.2) is 4.68 Å². The van der Waals surface area contributed by atoms with E-state index in [1.807, 2.05) is 42.5 Å². The molecule has 0 unspecified atom stereocenters. The molecule has 1 atom stereocenters. The number of rotatable bonds is 10. The average Bonchev–Trinajstić information content (AvgIpc) is 3.30. The third kappa shape index (κ3) is 6.46. The highest BCUT2D eigenvalue weighted by atomic mass is 32.2. The van der Waals surface area contributed by atoms with E-state index in [0.717, 1.165) is 22.5 Å². The molecule has 10 nitrogen and oxygen atoms in total. The van der Waals surface area contributed by atoms with Crippen LogP contribution in [0.5, 0.6) is 17.2 Å². The zero-order valence-electron chi connectivity index (χ0n) is 24.6. The van der Waals surface area contributed by atoms with Crippen LogP contribution in [0, 0.1) is 0 Å². The van der Waals surface area contributed by atoms with Crippen molar-refractivity contribution in [2.45, 2.75) is 31.4 Å². The molecule has 3 aromatic rings. The minimum atomic E-state index is -0.396. The molecule has 2 heterocycles. The maximum Gasteiger partial charge on any atom is 0.240 e. The van der Waals surface area contributed by atoms with E-state index in [1.165, 1.54) is 11.8 Å². The number of aromatic nitrogens is 2. The summed E-state index contributed by atoms with van der Waals surface area (Å²) in [7, 11) is 6.43. The second-order valence-electron chi connectivity index (χ2n) is 10.6. The van der Waals surface area contributed by atoms with Gasteiger partial charge in [0.05, 0.1) is 50.3 Å². The zero-order valence-corrected chi connectivity index (χ0v) is 25.5. The Morgan fingerprint density at radius 2 is 1.71 bits per heavy atom. The molecular weight excluding hydrogens is 544 g/mol. The normalized spacial score (nSPS) is 15.2. The molecule has 0 saturated carbocycles. The third-order valence-electron chi connectivity index (χ3n) is 6.77. The van der Waals surface area contributed by atoms with Crippen LogP contribution in [-0.4, -0.2) is 75.5 Å². The van der Waals surface area contributed by atoms with Gasteiger partial charge in [-0.3, -0.25) is 14.5 Å². The maximum absolute atomic E-state index is 13.8. The van der Waals surface area contributed by atoms with Crippen molar-refractivity contribution in [1.29, 1.82) is 0 Å². The van der Waals surface area contributed by atoms with Crippen LogP contribution in [0.15, 0.2) is 42.5 Å². The first-order chi connectivity index (χ1) is 19.6. The van der Waals surface area contributed by atoms with Crippen molar-refractivity contribution in [3.8, 4) is 22.9 Å². The smallest absolute Gasteiger partial charge is 0.240 e. The van der Waals surface area contributed by atoms with Crippen LogP contribution >= 0.6 is 11.8 Å². The van der Waals surface area contributed by atoms with Crippen molar-refractivity contribution in [2.24, 2.45) is 0 Å². The predicted octanol–water partition coefficient (Wildman–Crippen LogP) is 4.13. The average molecular weight is 583 g/mol. The first-order valence-electron chi connectivity index (χ1n) is 13.3. The summed E-state index contributed by atoms with van der Waals surface area (Å²) in [6.07, 6.45) is 0. The Morgan fingerprint density at radius 3 is 2.32 bits per heavy atom. The Balaban J connectivity index is 2.00. The highest BCUT2D eigenvalue weighted by Crippen LogP contribution is 2.51. The molecule has 0 bridgehead atoms. The summed E-state index contributed by atoms with van der Waals surface area (Å²) in [6.45, 7) is 6.82. The van der Waals surface area contributed by atoms with Crippen LogP contribution in [0.4, 0.5) is 5.82 Å². The number of anilines is 1. The number of thioether (sulfide) groups is 1. The molecule has 0 aliphatic carbocycles. The van der Waals surface area contributed by atoms with Crippen molar-refractivity contribution in [3.63, 3.8) is 0 Å². The van der Waals surface area contributed by atoms with Crippen LogP contribution < -0.4 is 24.4 Å². The summed E-state index contributed by atoms with van der Waals surface area (Å²) < 4.78 is 23.6. The fourth-order valence-corrected chi connectivity index (χ4v) is 5.97. The second-order valence-corrected chi connectivity index (χ2v) is 11.7. The van der Waals surface area contributed by atoms with E-state index < -0.39 is 5.41 Å². The zero-order chi connectivity index (χ0) is 29.7. The molecule has 0 fully saturated rings. The van der Waals surface area contributed by atoms with Gasteiger partial charge in [0.15, 0.2) is 0 Å². The van der Waals surface area contributed by atoms with Crippen LogP contribution in [-0.2, 0) is 19.7 Å². The lowest BCUT2D eigenvalue weighted by Gasteiger charge is -2.25. The summed E-state index contributed by atoms with van der Waals surface area (Å²) in [5.41, 5.74) is 2.85. The molecule has 41 heavy (non-hydrogen) atoms. The van der Waals surface area contributed by atoms with Crippen LogP contribution in [0.3, 0.4) is 0 Å². The molecule has 0 saturated heterocycles. The van der Waals surface area contributed by atoms with Crippen molar-refractivity contribution in [1.82, 2.24) is 15.1 Å². The highest BCUT2D eigenvalue weighted by molar-refractivity contribution is 8.00. The number of amides is 2. The number of nitrogens with zero attached hydrogens (tertiary/aromatic N) is 3. The summed E-state index contributed by atoms with van der Waals surface area (Å²) in [5.74, 6) is 2.26. The van der Waals surface area contributed by atoms with Gasteiger partial charge in [-0.05, 0) is 42.5 Å². The predicted molar refractivity (Wildman–Crippen MR) is 160 cm³/mol. The summed E-state index contributed by atoms with van der Waals surface area (Å²) in [6, 6.07) is 13.1. The number of benzene rings is 2. The third-order valence-corrected chi connectivity index (χ3v) is 8.00. The van der Waals surface area contributed by atoms with Gasteiger partial charge in [0.25, 0.3) is 0 Å². The molecule has 11 heteroatoms. The number of carbonyl (C=O) groups excluding carboxylic acids is 2. The quantitative estimate of drug-likeness (QED) is 0.356. The van der Waals surface area contributed by atoms with Crippen LogP contribution in [0.1, 0.15) is 42.8 Å². The summed E-state index contributed by atoms with van der Waals surface area (Å²) >= 11 is 1.48. The van der Waals surface area contributed by atoms with E-state index in [0.29, 0.717) is 36.2 Å². The number of ether oxygens (including phenoxy) is 4. The molecule has 1 aliphatic heterocycles. The van der Waals surface area contributed by atoms with Gasteiger partial charge in [-0.15, -0.1) is 11.8 Å². The number of hydrogen-bond donors (Lipinski definition) is 1. The maximum atomic E-state index is 13.8. The molecule has 0 spiro atoms. The van der Waals surface area contributed by atoms with E-state index in [4.69, 9.17) is 24.0 Å². The number of hydrogen-bond acceptors (Lipinski definition) is 8. The van der Waals surface area contributed by atoms with Crippen molar-refractivity contribution in [3.05, 3.63) is 59.3 Å². The molecule has 220 valence electrons. The number of nitrogens with one attached hydrogen (secondary N) is 1. The van der Waals surface area contributed by atoms with Gasteiger partial charge < -0.3 is 24.3 Å². The van der Waals surface area contributed by atoms with Crippen molar-refractivity contribution < 1.29 is 28.5 Å². The van der Waals surface area contributed by atoms with Gasteiger partial charge >= 0.3 is 0 Å². The van der Waals surface area contributed by atoms with Gasteiger partial charge in [-0.1, -0.05) is 20.8 Å². The van der Waals surface area contributed by atoms with Crippen LogP contribution in [0.2, 0.25) is 0 Å². The highest BCUT2D eigenvalue weighted by Gasteiger charge is 2.40. The van der Waals surface area contributed by atoms with Gasteiger partial charge in [0.1, 0.15) is 29.6 Å². The lowest BCUT2D eigenvalue weighted by atomic mass is 9.87. The van der Waals surface area contributed by atoms with E-state index >= 15 is 0 Å². The van der Waals surface area contributed by atoms with Gasteiger partial charge in [0.2, 0.25) is 11.8 Å². The van der Waals surface area contributed by atoms with Gasteiger partial charge in [-0.2, -0.15) is 5.10 Å². The van der Waals surface area contributed by atoms with Crippen molar-refractivity contribution >= 4 is 29.4 Å². The molecule has 2 amide bonds. The summed E-state index contributed by atoms with van der Waals surface area (Å²) in [4.78, 5) is 28.4. The Kier molecular flexibility index (Phi) is 9.49. The number of carbonyl (C=O) groups is 2. The first-order valence-corrected chi connectivity index (χ1v) is 14.3. The van der Waals surface area contributed by atoms with E-state index in [1.54, 1.807) is 38.0 Å². The lowest BCUT2D eigenvalue weighted by molar-refractivity contribution is -0.123. The Hall–Kier alpha value is -3.70. The molecule has 2 aromatic carbocycles. The topological polar surface area (TPSA) is 104 Å². The number of fused-ring (bicyclic) bond motifs is 1. The molecule has 1 aliphatic rings. The monoisotopic (exact) mass is 582 g/mol. The molecule has 1 N–H and O–H groups in total. The Labute approximate surface area is 245 Å². The Bertz CT molecular complexity index is 1380. The first kappa shape index (κ1) is 30.3. The molecule has 4 rings (SSSR count).